The van der Waals surface area contributed by atoms with Crippen LogP contribution in [0.4, 0.5) is 5.69 Å². The maximum atomic E-state index is 12.3. The second-order valence-corrected chi connectivity index (χ2v) is 6.05. The minimum absolute atomic E-state index is 0.301. The van der Waals surface area contributed by atoms with Gasteiger partial charge < -0.3 is 10.1 Å². The molecule has 0 spiro atoms. The van der Waals surface area contributed by atoms with Crippen LogP contribution in [0, 0.1) is 6.92 Å². The SMILES string of the molecule is CCSc1nc(C)cc(C(=O)Nc2ccc(OC)c(Cl)c2)n1. The van der Waals surface area contributed by atoms with E-state index in [9.17, 15) is 4.79 Å². The molecule has 1 N–H and O–H groups in total. The summed E-state index contributed by atoms with van der Waals surface area (Å²) < 4.78 is 5.08. The molecule has 0 saturated carbocycles. The lowest BCUT2D eigenvalue weighted by molar-refractivity contribution is 0.102. The Labute approximate surface area is 138 Å². The lowest BCUT2D eigenvalue weighted by Crippen LogP contribution is -2.15. The minimum atomic E-state index is -0.301. The van der Waals surface area contributed by atoms with Gasteiger partial charge in [0.2, 0.25) is 0 Å². The van der Waals surface area contributed by atoms with E-state index in [2.05, 4.69) is 15.3 Å². The lowest BCUT2D eigenvalue weighted by Gasteiger charge is -2.09. The Hall–Kier alpha value is -1.79. The summed E-state index contributed by atoms with van der Waals surface area (Å²) in [6.45, 7) is 3.85. The van der Waals surface area contributed by atoms with Crippen LogP contribution in [0.5, 0.6) is 5.75 Å². The quantitative estimate of drug-likeness (QED) is 0.664. The summed E-state index contributed by atoms with van der Waals surface area (Å²) in [6, 6.07) is 6.70. The largest absolute Gasteiger partial charge is 0.495 e. The first-order chi connectivity index (χ1) is 10.5. The van der Waals surface area contributed by atoms with E-state index in [-0.39, 0.29) is 5.91 Å². The third-order valence-electron chi connectivity index (χ3n) is 2.75. The third-order valence-corrected chi connectivity index (χ3v) is 3.77. The van der Waals surface area contributed by atoms with E-state index >= 15 is 0 Å². The minimum Gasteiger partial charge on any atom is -0.495 e. The van der Waals surface area contributed by atoms with Crippen molar-refractivity contribution < 1.29 is 9.53 Å². The number of aromatic nitrogens is 2. The van der Waals surface area contributed by atoms with Crippen LogP contribution in [-0.4, -0.2) is 28.7 Å². The lowest BCUT2D eigenvalue weighted by atomic mass is 10.2. The second kappa shape index (κ2) is 7.47. The first kappa shape index (κ1) is 16.6. The number of hydrogen-bond donors (Lipinski definition) is 1. The van der Waals surface area contributed by atoms with Crippen molar-refractivity contribution in [2.75, 3.05) is 18.2 Å². The molecule has 1 aromatic heterocycles. The molecule has 0 aliphatic rings. The average molecular weight is 338 g/mol. The van der Waals surface area contributed by atoms with Gasteiger partial charge in [-0.1, -0.05) is 30.3 Å². The molecule has 0 aliphatic carbocycles. The number of halogens is 1. The number of amides is 1. The topological polar surface area (TPSA) is 64.1 Å². The van der Waals surface area contributed by atoms with Gasteiger partial charge in [-0.3, -0.25) is 4.79 Å². The molecule has 0 fully saturated rings. The van der Waals surface area contributed by atoms with Crippen LogP contribution in [0.2, 0.25) is 5.02 Å². The number of methoxy groups -OCH3 is 1. The Kier molecular flexibility index (Phi) is 5.63. The maximum absolute atomic E-state index is 12.3. The molecular weight excluding hydrogens is 322 g/mol. The standard InChI is InChI=1S/C15H16ClN3O2S/c1-4-22-15-17-9(2)7-12(19-15)14(20)18-10-5-6-13(21-3)11(16)8-10/h5-8H,4H2,1-3H3,(H,18,20). The van der Waals surface area contributed by atoms with Crippen molar-refractivity contribution >= 4 is 35.0 Å². The number of carbonyl (C=O) groups is 1. The smallest absolute Gasteiger partial charge is 0.274 e. The van der Waals surface area contributed by atoms with Crippen LogP contribution in [0.15, 0.2) is 29.4 Å². The van der Waals surface area contributed by atoms with Crippen molar-refractivity contribution in [3.8, 4) is 5.75 Å². The van der Waals surface area contributed by atoms with E-state index in [4.69, 9.17) is 16.3 Å². The number of nitrogens with zero attached hydrogens (tertiary/aromatic N) is 2. The van der Waals surface area contributed by atoms with Crippen LogP contribution >= 0.6 is 23.4 Å². The highest BCUT2D eigenvalue weighted by Gasteiger charge is 2.12. The number of rotatable bonds is 5. The third kappa shape index (κ3) is 4.11. The molecule has 2 aromatic rings. The van der Waals surface area contributed by atoms with Gasteiger partial charge in [0.05, 0.1) is 12.1 Å². The first-order valence-corrected chi connectivity index (χ1v) is 8.03. The molecule has 1 heterocycles. The molecule has 0 aliphatic heterocycles. The Bertz CT molecular complexity index is 694. The van der Waals surface area contributed by atoms with E-state index < -0.39 is 0 Å². The fourth-order valence-corrected chi connectivity index (χ4v) is 2.68. The van der Waals surface area contributed by atoms with Crippen LogP contribution in [0.25, 0.3) is 0 Å². The van der Waals surface area contributed by atoms with Crippen LogP contribution in [0.1, 0.15) is 23.1 Å². The fraction of sp³-hybridized carbons (Fsp3) is 0.267. The zero-order valence-corrected chi connectivity index (χ0v) is 14.1. The maximum Gasteiger partial charge on any atom is 0.274 e. The number of thioether (sulfide) groups is 1. The van der Waals surface area contributed by atoms with E-state index in [0.29, 0.717) is 27.3 Å². The zero-order chi connectivity index (χ0) is 16.1. The number of ether oxygens (including phenoxy) is 1. The molecule has 2 rings (SSSR count). The molecule has 0 saturated heterocycles. The summed E-state index contributed by atoms with van der Waals surface area (Å²) in [5, 5.41) is 3.80. The predicted octanol–water partition coefficient (Wildman–Crippen LogP) is 3.81. The Morgan fingerprint density at radius 1 is 1.36 bits per heavy atom. The van der Waals surface area contributed by atoms with Gasteiger partial charge in [-0.2, -0.15) is 0 Å². The van der Waals surface area contributed by atoms with Gasteiger partial charge >= 0.3 is 0 Å². The van der Waals surface area contributed by atoms with Gasteiger partial charge in [-0.15, -0.1) is 0 Å². The first-order valence-electron chi connectivity index (χ1n) is 6.67. The van der Waals surface area contributed by atoms with Crippen molar-refractivity contribution in [2.45, 2.75) is 19.0 Å². The van der Waals surface area contributed by atoms with E-state index in [1.807, 2.05) is 13.8 Å². The molecular formula is C15H16ClN3O2S. The molecule has 1 amide bonds. The number of aryl methyl sites for hydroxylation is 1. The number of nitrogens with one attached hydrogen (secondary N) is 1. The molecule has 1 aromatic carbocycles. The average Bonchev–Trinajstić information content (AvgIpc) is 2.47. The van der Waals surface area contributed by atoms with Crippen LogP contribution < -0.4 is 10.1 Å². The van der Waals surface area contributed by atoms with Crippen molar-refractivity contribution in [3.05, 3.63) is 40.7 Å². The highest BCUT2D eigenvalue weighted by Crippen LogP contribution is 2.27. The molecule has 5 nitrogen and oxygen atoms in total. The van der Waals surface area contributed by atoms with Gasteiger partial charge in [0.25, 0.3) is 5.91 Å². The summed E-state index contributed by atoms with van der Waals surface area (Å²) in [4.78, 5) is 20.8. The van der Waals surface area contributed by atoms with Crippen molar-refractivity contribution in [3.63, 3.8) is 0 Å². The van der Waals surface area contributed by atoms with Crippen LogP contribution in [0.3, 0.4) is 0 Å². The number of carbonyl (C=O) groups excluding carboxylic acids is 1. The summed E-state index contributed by atoms with van der Waals surface area (Å²) in [7, 11) is 1.54. The normalized spacial score (nSPS) is 10.4. The van der Waals surface area contributed by atoms with Gasteiger partial charge in [-0.05, 0) is 36.9 Å². The zero-order valence-electron chi connectivity index (χ0n) is 12.5. The molecule has 7 heteroatoms. The monoisotopic (exact) mass is 337 g/mol. The molecule has 0 unspecified atom stereocenters. The highest BCUT2D eigenvalue weighted by molar-refractivity contribution is 7.99. The number of anilines is 1. The van der Waals surface area contributed by atoms with Crippen molar-refractivity contribution in [1.29, 1.82) is 0 Å². The number of hydrogen-bond acceptors (Lipinski definition) is 5. The predicted molar refractivity (Wildman–Crippen MR) is 89.1 cm³/mol. The molecule has 116 valence electrons. The van der Waals surface area contributed by atoms with E-state index in [1.54, 1.807) is 24.3 Å². The van der Waals surface area contributed by atoms with Crippen LogP contribution in [-0.2, 0) is 0 Å². The molecule has 0 radical (unpaired) electrons. The van der Waals surface area contributed by atoms with Gasteiger partial charge in [0, 0.05) is 11.4 Å². The molecule has 0 atom stereocenters. The van der Waals surface area contributed by atoms with E-state index in [1.165, 1.54) is 18.9 Å². The molecule has 22 heavy (non-hydrogen) atoms. The Morgan fingerprint density at radius 3 is 2.77 bits per heavy atom. The van der Waals surface area contributed by atoms with Gasteiger partial charge in [-0.25, -0.2) is 9.97 Å². The van der Waals surface area contributed by atoms with E-state index in [0.717, 1.165) is 11.4 Å². The van der Waals surface area contributed by atoms with Crippen molar-refractivity contribution in [1.82, 2.24) is 9.97 Å². The molecule has 0 bridgehead atoms. The summed E-state index contributed by atoms with van der Waals surface area (Å²) in [5.41, 5.74) is 1.66. The number of benzene rings is 1. The van der Waals surface area contributed by atoms with Gasteiger partial charge in [0.15, 0.2) is 5.16 Å². The summed E-state index contributed by atoms with van der Waals surface area (Å²) >= 11 is 7.54. The Balaban J connectivity index is 2.20. The second-order valence-electron chi connectivity index (χ2n) is 4.41. The van der Waals surface area contributed by atoms with Crippen molar-refractivity contribution in [2.24, 2.45) is 0 Å². The fourth-order valence-electron chi connectivity index (χ4n) is 1.79. The highest BCUT2D eigenvalue weighted by atomic mass is 35.5. The Morgan fingerprint density at radius 2 is 2.14 bits per heavy atom. The summed E-state index contributed by atoms with van der Waals surface area (Å²) in [6.07, 6.45) is 0. The van der Waals surface area contributed by atoms with Gasteiger partial charge in [0.1, 0.15) is 11.4 Å². The summed E-state index contributed by atoms with van der Waals surface area (Å²) in [5.74, 6) is 1.10.